The van der Waals surface area contributed by atoms with Crippen molar-refractivity contribution in [3.05, 3.63) is 0 Å². The lowest BCUT2D eigenvalue weighted by Gasteiger charge is -2.18. The molecule has 0 amide bonds. The molecule has 0 N–H and O–H groups in total. The number of carbonyl (C=O) groups excluding carboxylic acids is 2. The number of ketones is 1. The second kappa shape index (κ2) is 6.57. The molecule has 0 bridgehead atoms. The number of ether oxygens (including phenoxy) is 1. The first kappa shape index (κ1) is 13.1. The molecular formula is C11H20O3. The van der Waals surface area contributed by atoms with E-state index in [0.29, 0.717) is 19.4 Å². The Hall–Kier alpha value is -0.860. The Balaban J connectivity index is 4.14. The maximum absolute atomic E-state index is 11.5. The average Bonchev–Trinajstić information content (AvgIpc) is 2.03. The van der Waals surface area contributed by atoms with Crippen LogP contribution in [0, 0.1) is 11.8 Å². The van der Waals surface area contributed by atoms with Crippen molar-refractivity contribution < 1.29 is 14.3 Å². The van der Waals surface area contributed by atoms with Crippen LogP contribution in [0.2, 0.25) is 0 Å². The third kappa shape index (κ3) is 5.00. The molecular weight excluding hydrogens is 180 g/mol. The van der Waals surface area contributed by atoms with Gasteiger partial charge in [0.15, 0.2) is 0 Å². The molecule has 0 aliphatic carbocycles. The van der Waals surface area contributed by atoms with Crippen molar-refractivity contribution in [2.24, 2.45) is 11.8 Å². The molecule has 1 atom stereocenters. The molecule has 0 aromatic carbocycles. The molecule has 0 saturated carbocycles. The van der Waals surface area contributed by atoms with Crippen LogP contribution in [-0.4, -0.2) is 18.4 Å². The van der Waals surface area contributed by atoms with Gasteiger partial charge in [-0.1, -0.05) is 13.8 Å². The predicted octanol–water partition coefficient (Wildman–Crippen LogP) is 2.19. The fourth-order valence-corrected chi connectivity index (χ4v) is 1.33. The summed E-state index contributed by atoms with van der Waals surface area (Å²) in [6.07, 6.45) is 1.06. The summed E-state index contributed by atoms with van der Waals surface area (Å²) in [5.41, 5.74) is 0. The highest BCUT2D eigenvalue weighted by molar-refractivity contribution is 5.77. The zero-order chi connectivity index (χ0) is 11.1. The smallest absolute Gasteiger partial charge is 0.309 e. The molecule has 82 valence electrons. The summed E-state index contributed by atoms with van der Waals surface area (Å²) >= 11 is 0. The molecule has 3 nitrogen and oxygen atoms in total. The minimum absolute atomic E-state index is 0.125. The third-order valence-electron chi connectivity index (χ3n) is 2.20. The van der Waals surface area contributed by atoms with Crippen molar-refractivity contribution >= 4 is 11.8 Å². The minimum atomic E-state index is -0.177. The zero-order valence-electron chi connectivity index (χ0n) is 9.50. The van der Waals surface area contributed by atoms with Crippen molar-refractivity contribution in [1.82, 2.24) is 0 Å². The van der Waals surface area contributed by atoms with Gasteiger partial charge in [-0.05, 0) is 26.2 Å². The first-order valence-corrected chi connectivity index (χ1v) is 5.15. The van der Waals surface area contributed by atoms with Crippen molar-refractivity contribution in [2.45, 2.75) is 40.5 Å². The summed E-state index contributed by atoms with van der Waals surface area (Å²) in [6.45, 7) is 7.69. The standard InChI is InChI=1S/C11H20O3/c1-5-14-11(13)10(8(2)3)7-6-9(4)12/h8,10H,5-7H2,1-4H3. The second-order valence-corrected chi connectivity index (χ2v) is 3.84. The van der Waals surface area contributed by atoms with E-state index in [-0.39, 0.29) is 23.6 Å². The van der Waals surface area contributed by atoms with Gasteiger partial charge in [-0.15, -0.1) is 0 Å². The minimum Gasteiger partial charge on any atom is -0.466 e. The lowest BCUT2D eigenvalue weighted by Crippen LogP contribution is -2.23. The van der Waals surface area contributed by atoms with E-state index < -0.39 is 0 Å². The van der Waals surface area contributed by atoms with Gasteiger partial charge in [0.25, 0.3) is 0 Å². The summed E-state index contributed by atoms with van der Waals surface area (Å²) in [6, 6.07) is 0. The van der Waals surface area contributed by atoms with Crippen LogP contribution in [-0.2, 0) is 14.3 Å². The number of carbonyl (C=O) groups is 2. The number of esters is 1. The number of rotatable bonds is 6. The van der Waals surface area contributed by atoms with Gasteiger partial charge in [0, 0.05) is 6.42 Å². The van der Waals surface area contributed by atoms with E-state index in [0.717, 1.165) is 0 Å². The van der Waals surface area contributed by atoms with Gasteiger partial charge in [-0.2, -0.15) is 0 Å². The van der Waals surface area contributed by atoms with Crippen LogP contribution in [0.3, 0.4) is 0 Å². The predicted molar refractivity (Wildman–Crippen MR) is 54.9 cm³/mol. The van der Waals surface area contributed by atoms with Crippen LogP contribution in [0.1, 0.15) is 40.5 Å². The molecule has 0 aliphatic heterocycles. The molecule has 0 aromatic rings. The van der Waals surface area contributed by atoms with Crippen LogP contribution in [0.5, 0.6) is 0 Å². The molecule has 0 heterocycles. The van der Waals surface area contributed by atoms with Gasteiger partial charge in [-0.25, -0.2) is 0 Å². The average molecular weight is 200 g/mol. The van der Waals surface area contributed by atoms with E-state index in [9.17, 15) is 9.59 Å². The lowest BCUT2D eigenvalue weighted by atomic mass is 9.90. The fraction of sp³-hybridized carbons (Fsp3) is 0.818. The van der Waals surface area contributed by atoms with Crippen molar-refractivity contribution in [1.29, 1.82) is 0 Å². The van der Waals surface area contributed by atoms with E-state index in [4.69, 9.17) is 4.74 Å². The quantitative estimate of drug-likeness (QED) is 0.617. The molecule has 1 unspecified atom stereocenters. The monoisotopic (exact) mass is 200 g/mol. The Morgan fingerprint density at radius 2 is 1.86 bits per heavy atom. The van der Waals surface area contributed by atoms with Gasteiger partial charge in [0.05, 0.1) is 12.5 Å². The first-order valence-electron chi connectivity index (χ1n) is 5.15. The Morgan fingerprint density at radius 3 is 2.21 bits per heavy atom. The molecule has 0 spiro atoms. The van der Waals surface area contributed by atoms with E-state index in [1.54, 1.807) is 13.8 Å². The lowest BCUT2D eigenvalue weighted by molar-refractivity contribution is -0.149. The fourth-order valence-electron chi connectivity index (χ4n) is 1.33. The molecule has 0 rings (SSSR count). The molecule has 0 fully saturated rings. The van der Waals surface area contributed by atoms with Gasteiger partial charge in [0.1, 0.15) is 5.78 Å². The van der Waals surface area contributed by atoms with Crippen molar-refractivity contribution in [2.75, 3.05) is 6.61 Å². The van der Waals surface area contributed by atoms with E-state index >= 15 is 0 Å². The Labute approximate surface area is 85.8 Å². The molecule has 0 aromatic heterocycles. The van der Waals surface area contributed by atoms with Crippen LogP contribution in [0.15, 0.2) is 0 Å². The normalized spacial score (nSPS) is 12.6. The maximum Gasteiger partial charge on any atom is 0.309 e. The highest BCUT2D eigenvalue weighted by Crippen LogP contribution is 2.19. The molecule has 14 heavy (non-hydrogen) atoms. The molecule has 0 radical (unpaired) electrons. The van der Waals surface area contributed by atoms with Gasteiger partial charge >= 0.3 is 5.97 Å². The summed E-state index contributed by atoms with van der Waals surface area (Å²) in [4.78, 5) is 22.3. The van der Waals surface area contributed by atoms with Crippen LogP contribution >= 0.6 is 0 Å². The molecule has 0 aliphatic rings. The second-order valence-electron chi connectivity index (χ2n) is 3.84. The largest absolute Gasteiger partial charge is 0.466 e. The number of hydrogen-bond donors (Lipinski definition) is 0. The SMILES string of the molecule is CCOC(=O)C(CCC(C)=O)C(C)C. The van der Waals surface area contributed by atoms with Crippen LogP contribution in [0.4, 0.5) is 0 Å². The van der Waals surface area contributed by atoms with Gasteiger partial charge in [-0.3, -0.25) is 4.79 Å². The van der Waals surface area contributed by atoms with E-state index in [1.807, 2.05) is 13.8 Å². The highest BCUT2D eigenvalue weighted by atomic mass is 16.5. The maximum atomic E-state index is 11.5. The molecule has 3 heteroatoms. The van der Waals surface area contributed by atoms with Gasteiger partial charge in [0.2, 0.25) is 0 Å². The van der Waals surface area contributed by atoms with E-state index in [1.165, 1.54) is 0 Å². The summed E-state index contributed by atoms with van der Waals surface area (Å²) in [5.74, 6) is 0.0379. The number of Topliss-reactive ketones (excluding diaryl/α,β-unsaturated/α-hetero) is 1. The summed E-state index contributed by atoms with van der Waals surface area (Å²) in [7, 11) is 0. The highest BCUT2D eigenvalue weighted by Gasteiger charge is 2.23. The number of hydrogen-bond acceptors (Lipinski definition) is 3. The van der Waals surface area contributed by atoms with E-state index in [2.05, 4.69) is 0 Å². The van der Waals surface area contributed by atoms with Crippen LogP contribution < -0.4 is 0 Å². The van der Waals surface area contributed by atoms with Crippen molar-refractivity contribution in [3.63, 3.8) is 0 Å². The Kier molecular flexibility index (Phi) is 6.17. The first-order chi connectivity index (χ1) is 6.49. The third-order valence-corrected chi connectivity index (χ3v) is 2.20. The molecule has 0 saturated heterocycles. The Morgan fingerprint density at radius 1 is 1.29 bits per heavy atom. The topological polar surface area (TPSA) is 43.4 Å². The van der Waals surface area contributed by atoms with Gasteiger partial charge < -0.3 is 9.53 Å². The summed E-state index contributed by atoms with van der Waals surface area (Å²) < 4.78 is 4.95. The Bertz CT molecular complexity index is 197. The van der Waals surface area contributed by atoms with Crippen molar-refractivity contribution in [3.8, 4) is 0 Å². The summed E-state index contributed by atoms with van der Waals surface area (Å²) in [5, 5.41) is 0. The van der Waals surface area contributed by atoms with Crippen LogP contribution in [0.25, 0.3) is 0 Å². The zero-order valence-corrected chi connectivity index (χ0v) is 9.50.